The molecule has 2 aliphatic rings. The van der Waals surface area contributed by atoms with Gasteiger partial charge in [-0.1, -0.05) is 30.7 Å². The number of carbonyl (C=O) groups is 1. The zero-order valence-electron chi connectivity index (χ0n) is 17.8. The van der Waals surface area contributed by atoms with Crippen LogP contribution in [0.25, 0.3) is 0 Å². The predicted octanol–water partition coefficient (Wildman–Crippen LogP) is 4.61. The SMILES string of the molecule is COc1cccc(C(c2ccc(C(=O)N(C)C)cc2)N2CCC3CCC(C3)C2)c1. The van der Waals surface area contributed by atoms with Crippen LogP contribution in [0, 0.1) is 11.8 Å². The third kappa shape index (κ3) is 4.32. The molecule has 1 amide bonds. The van der Waals surface area contributed by atoms with Crippen LogP contribution in [-0.4, -0.2) is 50.0 Å². The van der Waals surface area contributed by atoms with Gasteiger partial charge in [0.05, 0.1) is 13.2 Å². The molecule has 1 saturated carbocycles. The Hall–Kier alpha value is -2.33. The first-order chi connectivity index (χ1) is 14.0. The first-order valence-electron chi connectivity index (χ1n) is 10.7. The Kier molecular flexibility index (Phi) is 5.91. The van der Waals surface area contributed by atoms with E-state index in [0.717, 1.165) is 36.2 Å². The molecular formula is C25H32N2O2. The number of benzene rings is 2. The lowest BCUT2D eigenvalue weighted by Crippen LogP contribution is -2.34. The lowest BCUT2D eigenvalue weighted by molar-refractivity contribution is 0.0827. The summed E-state index contributed by atoms with van der Waals surface area (Å²) in [5.74, 6) is 2.64. The summed E-state index contributed by atoms with van der Waals surface area (Å²) in [5, 5.41) is 0. The zero-order chi connectivity index (χ0) is 20.4. The van der Waals surface area contributed by atoms with Crippen LogP contribution in [0.2, 0.25) is 0 Å². The van der Waals surface area contributed by atoms with Crippen molar-refractivity contribution in [1.82, 2.24) is 9.80 Å². The molecule has 0 spiro atoms. The molecule has 29 heavy (non-hydrogen) atoms. The fourth-order valence-corrected chi connectivity index (χ4v) is 5.10. The highest BCUT2D eigenvalue weighted by Crippen LogP contribution is 2.40. The minimum Gasteiger partial charge on any atom is -0.497 e. The standard InChI is InChI=1S/C25H32N2O2/c1-26(2)25(28)21-11-9-20(10-12-21)24(22-5-4-6-23(16-22)29-3)27-14-13-18-7-8-19(15-18)17-27/h4-6,9-12,16,18-19,24H,7-8,13-15,17H2,1-3H3. The summed E-state index contributed by atoms with van der Waals surface area (Å²) in [6, 6.07) is 16.8. The van der Waals surface area contributed by atoms with Gasteiger partial charge in [-0.15, -0.1) is 0 Å². The quantitative estimate of drug-likeness (QED) is 0.745. The van der Waals surface area contributed by atoms with Crippen molar-refractivity contribution in [2.75, 3.05) is 34.3 Å². The normalized spacial score (nSPS) is 22.7. The van der Waals surface area contributed by atoms with Crippen LogP contribution in [0.5, 0.6) is 5.75 Å². The van der Waals surface area contributed by atoms with Crippen molar-refractivity contribution in [3.63, 3.8) is 0 Å². The number of fused-ring (bicyclic) bond motifs is 2. The van der Waals surface area contributed by atoms with Crippen molar-refractivity contribution in [2.24, 2.45) is 11.8 Å². The van der Waals surface area contributed by atoms with E-state index < -0.39 is 0 Å². The molecule has 2 aromatic rings. The van der Waals surface area contributed by atoms with Gasteiger partial charge >= 0.3 is 0 Å². The van der Waals surface area contributed by atoms with Gasteiger partial charge in [-0.05, 0) is 73.0 Å². The van der Waals surface area contributed by atoms with E-state index in [1.54, 1.807) is 26.1 Å². The molecule has 3 unspecified atom stereocenters. The van der Waals surface area contributed by atoms with Gasteiger partial charge in [0, 0.05) is 26.2 Å². The van der Waals surface area contributed by atoms with Crippen LogP contribution >= 0.6 is 0 Å². The predicted molar refractivity (Wildman–Crippen MR) is 116 cm³/mol. The van der Waals surface area contributed by atoms with Crippen LogP contribution in [0.3, 0.4) is 0 Å². The van der Waals surface area contributed by atoms with E-state index in [0.29, 0.717) is 0 Å². The largest absolute Gasteiger partial charge is 0.497 e. The average Bonchev–Trinajstić information content (AvgIpc) is 3.08. The molecule has 1 heterocycles. The van der Waals surface area contributed by atoms with E-state index in [4.69, 9.17) is 4.74 Å². The smallest absolute Gasteiger partial charge is 0.253 e. The van der Waals surface area contributed by atoms with Gasteiger partial charge in [-0.3, -0.25) is 9.69 Å². The number of amides is 1. The van der Waals surface area contributed by atoms with Gasteiger partial charge in [0.25, 0.3) is 5.91 Å². The van der Waals surface area contributed by atoms with Crippen LogP contribution in [0.4, 0.5) is 0 Å². The Morgan fingerprint density at radius 3 is 2.52 bits per heavy atom. The van der Waals surface area contributed by atoms with Crippen molar-refractivity contribution < 1.29 is 9.53 Å². The molecule has 4 rings (SSSR count). The first kappa shape index (κ1) is 20.0. The molecule has 2 aromatic carbocycles. The number of hydrogen-bond donors (Lipinski definition) is 0. The second kappa shape index (κ2) is 8.58. The lowest BCUT2D eigenvalue weighted by atomic mass is 9.94. The Bertz CT molecular complexity index is 846. The summed E-state index contributed by atoms with van der Waals surface area (Å²) in [5.41, 5.74) is 3.23. The van der Waals surface area contributed by atoms with E-state index in [9.17, 15) is 4.79 Å². The maximum Gasteiger partial charge on any atom is 0.253 e. The minimum absolute atomic E-state index is 0.0431. The van der Waals surface area contributed by atoms with Gasteiger partial charge in [-0.25, -0.2) is 0 Å². The molecule has 4 heteroatoms. The van der Waals surface area contributed by atoms with Crippen molar-refractivity contribution in [3.8, 4) is 5.75 Å². The summed E-state index contributed by atoms with van der Waals surface area (Å²) in [4.78, 5) is 16.6. The van der Waals surface area contributed by atoms with Crippen molar-refractivity contribution in [1.29, 1.82) is 0 Å². The van der Waals surface area contributed by atoms with E-state index in [2.05, 4.69) is 35.2 Å². The van der Waals surface area contributed by atoms with E-state index >= 15 is 0 Å². The second-order valence-electron chi connectivity index (χ2n) is 8.83. The van der Waals surface area contributed by atoms with Gasteiger partial charge in [0.1, 0.15) is 5.75 Å². The Labute approximate surface area is 174 Å². The number of ether oxygens (including phenoxy) is 1. The summed E-state index contributed by atoms with van der Waals surface area (Å²) >= 11 is 0. The third-order valence-corrected chi connectivity index (χ3v) is 6.62. The molecule has 1 aliphatic heterocycles. The summed E-state index contributed by atoms with van der Waals surface area (Å²) in [6.07, 6.45) is 5.44. The molecule has 3 atom stereocenters. The van der Waals surface area contributed by atoms with E-state index in [1.807, 2.05) is 18.2 Å². The van der Waals surface area contributed by atoms with Crippen molar-refractivity contribution in [3.05, 3.63) is 65.2 Å². The Balaban J connectivity index is 1.69. The molecular weight excluding hydrogens is 360 g/mol. The summed E-state index contributed by atoms with van der Waals surface area (Å²) in [6.45, 7) is 2.28. The maximum atomic E-state index is 12.3. The molecule has 1 saturated heterocycles. The lowest BCUT2D eigenvalue weighted by Gasteiger charge is -2.34. The van der Waals surface area contributed by atoms with Crippen molar-refractivity contribution >= 4 is 5.91 Å². The number of nitrogens with zero attached hydrogens (tertiary/aromatic N) is 2. The Morgan fingerprint density at radius 1 is 1.03 bits per heavy atom. The van der Waals surface area contributed by atoms with Crippen LogP contribution in [-0.2, 0) is 0 Å². The second-order valence-corrected chi connectivity index (χ2v) is 8.83. The van der Waals surface area contributed by atoms with E-state index in [-0.39, 0.29) is 11.9 Å². The number of methoxy groups -OCH3 is 1. The monoisotopic (exact) mass is 392 g/mol. The fourth-order valence-electron chi connectivity index (χ4n) is 5.10. The minimum atomic E-state index is 0.0431. The molecule has 0 radical (unpaired) electrons. The first-order valence-corrected chi connectivity index (χ1v) is 10.7. The number of rotatable bonds is 5. The average molecular weight is 393 g/mol. The highest BCUT2D eigenvalue weighted by Gasteiger charge is 2.33. The highest BCUT2D eigenvalue weighted by atomic mass is 16.5. The summed E-state index contributed by atoms with van der Waals surface area (Å²) < 4.78 is 5.51. The van der Waals surface area contributed by atoms with Crippen molar-refractivity contribution in [2.45, 2.75) is 31.7 Å². The number of hydrogen-bond acceptors (Lipinski definition) is 3. The molecule has 154 valence electrons. The van der Waals surface area contributed by atoms with Crippen LogP contribution in [0.15, 0.2) is 48.5 Å². The van der Waals surface area contributed by atoms with Gasteiger partial charge in [-0.2, -0.15) is 0 Å². The van der Waals surface area contributed by atoms with Gasteiger partial charge < -0.3 is 9.64 Å². The topological polar surface area (TPSA) is 32.8 Å². The zero-order valence-corrected chi connectivity index (χ0v) is 17.8. The molecule has 4 nitrogen and oxygen atoms in total. The van der Waals surface area contributed by atoms with Crippen LogP contribution < -0.4 is 4.74 Å². The summed E-state index contributed by atoms with van der Waals surface area (Å²) in [7, 11) is 5.31. The van der Waals surface area contributed by atoms with E-state index in [1.165, 1.54) is 36.8 Å². The molecule has 0 N–H and O–H groups in total. The van der Waals surface area contributed by atoms with Crippen LogP contribution in [0.1, 0.15) is 53.2 Å². The highest BCUT2D eigenvalue weighted by molar-refractivity contribution is 5.93. The maximum absolute atomic E-state index is 12.3. The fraction of sp³-hybridized carbons (Fsp3) is 0.480. The number of carbonyl (C=O) groups excluding carboxylic acids is 1. The number of likely N-dealkylation sites (tertiary alicyclic amines) is 1. The molecule has 2 bridgehead atoms. The molecule has 1 aliphatic carbocycles. The molecule has 0 aromatic heterocycles. The Morgan fingerprint density at radius 2 is 1.79 bits per heavy atom. The third-order valence-electron chi connectivity index (χ3n) is 6.62. The van der Waals surface area contributed by atoms with Gasteiger partial charge in [0.15, 0.2) is 0 Å². The van der Waals surface area contributed by atoms with Gasteiger partial charge in [0.2, 0.25) is 0 Å². The molecule has 2 fully saturated rings.